The van der Waals surface area contributed by atoms with Crippen molar-refractivity contribution < 1.29 is 4.79 Å². The van der Waals surface area contributed by atoms with E-state index < -0.39 is 0 Å². The van der Waals surface area contributed by atoms with Gasteiger partial charge in [0.05, 0.1) is 11.7 Å². The molecule has 116 valence electrons. The molecule has 0 aromatic rings. The molecule has 1 saturated carbocycles. The second-order valence-electron chi connectivity index (χ2n) is 8.20. The first kappa shape index (κ1) is 15.8. The standard InChI is InChI=1S/C17H32N2O/c1-12(2)14-18-17(9-7-8-10-17)15(20)19(14)11-16(5,6)13(3)4/h12-14,18H,7-11H2,1-6H3. The van der Waals surface area contributed by atoms with Crippen LogP contribution in [-0.4, -0.2) is 29.1 Å². The van der Waals surface area contributed by atoms with Crippen LogP contribution in [0.25, 0.3) is 0 Å². The fraction of sp³-hybridized carbons (Fsp3) is 0.941. The number of nitrogens with one attached hydrogen (secondary N) is 1. The van der Waals surface area contributed by atoms with Crippen molar-refractivity contribution in [2.45, 2.75) is 78.9 Å². The van der Waals surface area contributed by atoms with E-state index >= 15 is 0 Å². The molecule has 1 spiro atoms. The van der Waals surface area contributed by atoms with Gasteiger partial charge in [0.15, 0.2) is 0 Å². The van der Waals surface area contributed by atoms with E-state index in [9.17, 15) is 4.79 Å². The first-order valence-corrected chi connectivity index (χ1v) is 8.28. The SMILES string of the molecule is CC(C)C1NC2(CCCC2)C(=O)N1CC(C)(C)C(C)C. The lowest BCUT2D eigenvalue weighted by Crippen LogP contribution is -2.47. The number of rotatable bonds is 4. The van der Waals surface area contributed by atoms with Crippen LogP contribution >= 0.6 is 0 Å². The molecule has 0 bridgehead atoms. The second kappa shape index (κ2) is 5.32. The minimum Gasteiger partial charge on any atom is -0.325 e. The highest BCUT2D eigenvalue weighted by molar-refractivity contribution is 5.89. The van der Waals surface area contributed by atoms with Crippen molar-refractivity contribution >= 4 is 5.91 Å². The Morgan fingerprint density at radius 1 is 1.25 bits per heavy atom. The van der Waals surface area contributed by atoms with Crippen molar-refractivity contribution in [3.63, 3.8) is 0 Å². The third-order valence-electron chi connectivity index (χ3n) is 5.66. The average Bonchev–Trinajstić information content (AvgIpc) is 2.90. The molecule has 1 atom stereocenters. The molecule has 0 aromatic heterocycles. The summed E-state index contributed by atoms with van der Waals surface area (Å²) in [6.07, 6.45) is 4.62. The van der Waals surface area contributed by atoms with E-state index in [0.29, 0.717) is 17.7 Å². The van der Waals surface area contributed by atoms with Crippen LogP contribution in [0.15, 0.2) is 0 Å². The van der Waals surface area contributed by atoms with Crippen LogP contribution in [0, 0.1) is 17.3 Å². The molecule has 1 aliphatic heterocycles. The van der Waals surface area contributed by atoms with Crippen LogP contribution in [-0.2, 0) is 4.79 Å². The van der Waals surface area contributed by atoms with Gasteiger partial charge in [0.2, 0.25) is 5.91 Å². The van der Waals surface area contributed by atoms with Gasteiger partial charge in [0, 0.05) is 6.54 Å². The lowest BCUT2D eigenvalue weighted by atomic mass is 9.80. The Balaban J connectivity index is 2.22. The predicted octanol–water partition coefficient (Wildman–Crippen LogP) is 3.40. The summed E-state index contributed by atoms with van der Waals surface area (Å²) in [5.41, 5.74) is -0.0728. The summed E-state index contributed by atoms with van der Waals surface area (Å²) in [5, 5.41) is 3.70. The monoisotopic (exact) mass is 280 g/mol. The van der Waals surface area contributed by atoms with Gasteiger partial charge in [-0.25, -0.2) is 0 Å². The van der Waals surface area contributed by atoms with Gasteiger partial charge in [0.1, 0.15) is 0 Å². The third-order valence-corrected chi connectivity index (χ3v) is 5.66. The summed E-state index contributed by atoms with van der Waals surface area (Å²) < 4.78 is 0. The van der Waals surface area contributed by atoms with E-state index in [4.69, 9.17) is 0 Å². The van der Waals surface area contributed by atoms with Crippen LogP contribution in [0.3, 0.4) is 0 Å². The molecule has 3 nitrogen and oxygen atoms in total. The molecule has 0 radical (unpaired) electrons. The molecule has 2 aliphatic rings. The Hall–Kier alpha value is -0.570. The zero-order valence-electron chi connectivity index (χ0n) is 14.1. The topological polar surface area (TPSA) is 32.3 Å². The van der Waals surface area contributed by atoms with E-state index in [1.165, 1.54) is 12.8 Å². The summed E-state index contributed by atoms with van der Waals surface area (Å²) in [6.45, 7) is 14.4. The Morgan fingerprint density at radius 2 is 1.80 bits per heavy atom. The van der Waals surface area contributed by atoms with Crippen molar-refractivity contribution in [3.8, 4) is 0 Å². The fourth-order valence-electron chi connectivity index (χ4n) is 3.48. The molecule has 2 fully saturated rings. The highest BCUT2D eigenvalue weighted by Gasteiger charge is 2.53. The lowest BCUT2D eigenvalue weighted by Gasteiger charge is -2.37. The molecule has 3 heteroatoms. The molecular formula is C17H32N2O. The molecule has 1 N–H and O–H groups in total. The third kappa shape index (κ3) is 2.61. The van der Waals surface area contributed by atoms with Crippen LogP contribution in [0.4, 0.5) is 0 Å². The molecule has 20 heavy (non-hydrogen) atoms. The normalized spacial score (nSPS) is 26.5. The summed E-state index contributed by atoms with van der Waals surface area (Å²) in [5.74, 6) is 1.40. The van der Waals surface area contributed by atoms with Crippen LogP contribution in [0.2, 0.25) is 0 Å². The second-order valence-corrected chi connectivity index (χ2v) is 8.20. The van der Waals surface area contributed by atoms with Gasteiger partial charge >= 0.3 is 0 Å². The van der Waals surface area contributed by atoms with Crippen LogP contribution in [0.5, 0.6) is 0 Å². The summed E-state index contributed by atoms with van der Waals surface area (Å²) in [4.78, 5) is 15.2. The van der Waals surface area contributed by atoms with Gasteiger partial charge in [-0.05, 0) is 30.1 Å². The minimum atomic E-state index is -0.234. The molecule has 1 aliphatic carbocycles. The van der Waals surface area contributed by atoms with Gasteiger partial charge in [-0.2, -0.15) is 0 Å². The molecular weight excluding hydrogens is 248 g/mol. The molecule has 1 heterocycles. The number of hydrogen-bond donors (Lipinski definition) is 1. The van der Waals surface area contributed by atoms with E-state index in [-0.39, 0.29) is 17.1 Å². The van der Waals surface area contributed by atoms with Crippen molar-refractivity contribution in [3.05, 3.63) is 0 Å². The van der Waals surface area contributed by atoms with Crippen molar-refractivity contribution in [1.29, 1.82) is 0 Å². The van der Waals surface area contributed by atoms with E-state index in [0.717, 1.165) is 19.4 Å². The fourth-order valence-corrected chi connectivity index (χ4v) is 3.48. The number of carbonyl (C=O) groups is 1. The first-order chi connectivity index (χ1) is 9.19. The number of carbonyl (C=O) groups excluding carboxylic acids is 1. The summed E-state index contributed by atoms with van der Waals surface area (Å²) in [6, 6.07) is 0. The Morgan fingerprint density at radius 3 is 2.25 bits per heavy atom. The van der Waals surface area contributed by atoms with Gasteiger partial charge in [-0.3, -0.25) is 10.1 Å². The first-order valence-electron chi connectivity index (χ1n) is 8.28. The Kier molecular flexibility index (Phi) is 4.21. The molecule has 1 saturated heterocycles. The van der Waals surface area contributed by atoms with E-state index in [1.54, 1.807) is 0 Å². The molecule has 1 amide bonds. The molecule has 0 aromatic carbocycles. The van der Waals surface area contributed by atoms with Crippen molar-refractivity contribution in [1.82, 2.24) is 10.2 Å². The zero-order chi connectivity index (χ0) is 15.1. The number of hydrogen-bond acceptors (Lipinski definition) is 2. The average molecular weight is 280 g/mol. The maximum atomic E-state index is 13.0. The maximum Gasteiger partial charge on any atom is 0.244 e. The van der Waals surface area contributed by atoms with E-state index in [1.807, 2.05) is 0 Å². The minimum absolute atomic E-state index is 0.161. The van der Waals surface area contributed by atoms with Crippen molar-refractivity contribution in [2.75, 3.05) is 6.54 Å². The summed E-state index contributed by atoms with van der Waals surface area (Å²) >= 11 is 0. The van der Waals surface area contributed by atoms with Gasteiger partial charge < -0.3 is 4.90 Å². The highest BCUT2D eigenvalue weighted by atomic mass is 16.2. The maximum absolute atomic E-state index is 13.0. The van der Waals surface area contributed by atoms with Gasteiger partial charge in [0.25, 0.3) is 0 Å². The Bertz CT molecular complexity index is 367. The van der Waals surface area contributed by atoms with Crippen LogP contribution < -0.4 is 5.32 Å². The number of nitrogens with zero attached hydrogens (tertiary/aromatic N) is 1. The van der Waals surface area contributed by atoms with Gasteiger partial charge in [-0.1, -0.05) is 54.4 Å². The van der Waals surface area contributed by atoms with E-state index in [2.05, 4.69) is 51.8 Å². The smallest absolute Gasteiger partial charge is 0.244 e. The van der Waals surface area contributed by atoms with Gasteiger partial charge in [-0.15, -0.1) is 0 Å². The zero-order valence-corrected chi connectivity index (χ0v) is 14.1. The number of amides is 1. The highest BCUT2D eigenvalue weighted by Crippen LogP contribution is 2.40. The molecule has 1 unspecified atom stereocenters. The lowest BCUT2D eigenvalue weighted by molar-refractivity contribution is -0.135. The van der Waals surface area contributed by atoms with Crippen molar-refractivity contribution in [2.24, 2.45) is 17.3 Å². The largest absolute Gasteiger partial charge is 0.325 e. The molecule has 2 rings (SSSR count). The van der Waals surface area contributed by atoms with Crippen LogP contribution in [0.1, 0.15) is 67.2 Å². The Labute approximate surface area is 124 Å². The quantitative estimate of drug-likeness (QED) is 0.856. The predicted molar refractivity (Wildman–Crippen MR) is 83.3 cm³/mol. The summed E-state index contributed by atoms with van der Waals surface area (Å²) in [7, 11) is 0.